The minimum Gasteiger partial charge on any atom is -0.361 e. The van der Waals surface area contributed by atoms with Gasteiger partial charge in [0.05, 0.1) is 6.54 Å². The van der Waals surface area contributed by atoms with Gasteiger partial charge < -0.3 is 4.90 Å². The Morgan fingerprint density at radius 1 is 1.89 bits per heavy atom. The Bertz CT molecular complexity index is 138. The monoisotopic (exact) mass is 124 g/mol. The Kier molecular flexibility index (Phi) is 1.88. The number of amidine groups is 1. The van der Waals surface area contributed by atoms with Gasteiger partial charge in [0.25, 0.3) is 0 Å². The third-order valence-corrected chi connectivity index (χ3v) is 1.50. The standard InChI is InChI=1S/C7H12N2/c1-3-4-7-8-5-6-9(7)2/h3H,1,4-6H2,2H3. The molecule has 0 radical (unpaired) electrons. The fourth-order valence-electron chi connectivity index (χ4n) is 0.928. The zero-order chi connectivity index (χ0) is 6.69. The number of nitrogens with zero attached hydrogens (tertiary/aromatic N) is 2. The van der Waals surface area contributed by atoms with Crippen molar-refractivity contribution in [2.75, 3.05) is 20.1 Å². The summed E-state index contributed by atoms with van der Waals surface area (Å²) in [6.45, 7) is 5.68. The molecule has 2 heteroatoms. The zero-order valence-corrected chi connectivity index (χ0v) is 5.80. The Labute approximate surface area is 55.9 Å². The van der Waals surface area contributed by atoms with E-state index in [2.05, 4.69) is 23.5 Å². The lowest BCUT2D eigenvalue weighted by atomic mass is 10.4. The second-order valence-electron chi connectivity index (χ2n) is 2.21. The van der Waals surface area contributed by atoms with Crippen molar-refractivity contribution in [3.05, 3.63) is 12.7 Å². The molecule has 1 aliphatic rings. The van der Waals surface area contributed by atoms with E-state index in [0.29, 0.717) is 0 Å². The molecule has 0 atom stereocenters. The van der Waals surface area contributed by atoms with Crippen LogP contribution in [0.15, 0.2) is 17.6 Å². The molecule has 1 heterocycles. The van der Waals surface area contributed by atoms with E-state index < -0.39 is 0 Å². The van der Waals surface area contributed by atoms with Crippen LogP contribution >= 0.6 is 0 Å². The predicted molar refractivity (Wildman–Crippen MR) is 39.7 cm³/mol. The highest BCUT2D eigenvalue weighted by molar-refractivity contribution is 5.84. The average Bonchev–Trinajstić information content (AvgIpc) is 2.18. The van der Waals surface area contributed by atoms with Crippen LogP contribution < -0.4 is 0 Å². The van der Waals surface area contributed by atoms with Crippen LogP contribution in [0.25, 0.3) is 0 Å². The lowest BCUT2D eigenvalue weighted by Crippen LogP contribution is -2.21. The van der Waals surface area contributed by atoms with Gasteiger partial charge in [-0.15, -0.1) is 6.58 Å². The third kappa shape index (κ3) is 1.31. The number of aliphatic imine (C=N–C) groups is 1. The van der Waals surface area contributed by atoms with E-state index in [1.54, 1.807) is 0 Å². The Morgan fingerprint density at radius 2 is 2.67 bits per heavy atom. The predicted octanol–water partition coefficient (Wildman–Crippen LogP) is 0.906. The van der Waals surface area contributed by atoms with E-state index in [9.17, 15) is 0 Å². The second kappa shape index (κ2) is 2.67. The molecule has 0 spiro atoms. The Hall–Kier alpha value is -0.790. The van der Waals surface area contributed by atoms with Crippen molar-refractivity contribution in [1.29, 1.82) is 0 Å². The minimum atomic E-state index is 0.913. The first kappa shape index (κ1) is 6.33. The molecule has 0 aromatic heterocycles. The largest absolute Gasteiger partial charge is 0.361 e. The minimum absolute atomic E-state index is 0.913. The van der Waals surface area contributed by atoms with E-state index in [1.165, 1.54) is 5.84 Å². The van der Waals surface area contributed by atoms with Crippen molar-refractivity contribution in [2.24, 2.45) is 4.99 Å². The maximum Gasteiger partial charge on any atom is 0.103 e. The molecule has 9 heavy (non-hydrogen) atoms. The molecule has 0 amide bonds. The summed E-state index contributed by atoms with van der Waals surface area (Å²) in [5, 5.41) is 0. The van der Waals surface area contributed by atoms with Crippen molar-refractivity contribution in [1.82, 2.24) is 4.90 Å². The van der Waals surface area contributed by atoms with Crippen molar-refractivity contribution in [2.45, 2.75) is 6.42 Å². The van der Waals surface area contributed by atoms with E-state index in [1.807, 2.05) is 6.08 Å². The van der Waals surface area contributed by atoms with E-state index in [0.717, 1.165) is 19.5 Å². The topological polar surface area (TPSA) is 15.6 Å². The molecular formula is C7H12N2. The van der Waals surface area contributed by atoms with Gasteiger partial charge in [0.15, 0.2) is 0 Å². The summed E-state index contributed by atoms with van der Waals surface area (Å²) in [5.74, 6) is 1.17. The van der Waals surface area contributed by atoms with Crippen LogP contribution in [0.3, 0.4) is 0 Å². The molecule has 0 aliphatic carbocycles. The van der Waals surface area contributed by atoms with Crippen molar-refractivity contribution >= 4 is 5.84 Å². The number of rotatable bonds is 2. The Morgan fingerprint density at radius 3 is 3.11 bits per heavy atom. The van der Waals surface area contributed by atoms with E-state index in [-0.39, 0.29) is 0 Å². The van der Waals surface area contributed by atoms with Crippen LogP contribution in [-0.4, -0.2) is 30.9 Å². The molecule has 50 valence electrons. The van der Waals surface area contributed by atoms with Crippen LogP contribution in [0, 0.1) is 0 Å². The highest BCUT2D eigenvalue weighted by atomic mass is 15.2. The average molecular weight is 124 g/mol. The summed E-state index contributed by atoms with van der Waals surface area (Å²) in [6.07, 6.45) is 2.80. The molecule has 0 saturated heterocycles. The molecule has 2 nitrogen and oxygen atoms in total. The van der Waals surface area contributed by atoms with Crippen LogP contribution in [0.4, 0.5) is 0 Å². The molecule has 0 unspecified atom stereocenters. The molecule has 0 aromatic carbocycles. The van der Waals surface area contributed by atoms with Crippen LogP contribution in [0.5, 0.6) is 0 Å². The Balaban J connectivity index is 2.46. The SMILES string of the molecule is C=CCC1=NCCN1C. The summed E-state index contributed by atoms with van der Waals surface area (Å²) in [7, 11) is 2.06. The highest BCUT2D eigenvalue weighted by Crippen LogP contribution is 2.01. The van der Waals surface area contributed by atoms with Crippen LogP contribution in [-0.2, 0) is 0 Å². The molecule has 0 N–H and O–H groups in total. The second-order valence-corrected chi connectivity index (χ2v) is 2.21. The van der Waals surface area contributed by atoms with E-state index >= 15 is 0 Å². The summed E-state index contributed by atoms with van der Waals surface area (Å²) in [6, 6.07) is 0. The van der Waals surface area contributed by atoms with Gasteiger partial charge >= 0.3 is 0 Å². The van der Waals surface area contributed by atoms with Crippen LogP contribution in [0.2, 0.25) is 0 Å². The van der Waals surface area contributed by atoms with Gasteiger partial charge in [0.2, 0.25) is 0 Å². The normalized spacial score (nSPS) is 17.9. The van der Waals surface area contributed by atoms with Gasteiger partial charge in [-0.25, -0.2) is 0 Å². The zero-order valence-electron chi connectivity index (χ0n) is 5.80. The first-order chi connectivity index (χ1) is 4.34. The molecule has 0 fully saturated rings. The number of likely N-dealkylation sites (N-methyl/N-ethyl adjacent to an activating group) is 1. The molecular weight excluding hydrogens is 112 g/mol. The number of hydrogen-bond acceptors (Lipinski definition) is 2. The van der Waals surface area contributed by atoms with Gasteiger partial charge in [-0.05, 0) is 0 Å². The van der Waals surface area contributed by atoms with Crippen molar-refractivity contribution in [3.8, 4) is 0 Å². The summed E-state index contributed by atoms with van der Waals surface area (Å²) in [5.41, 5.74) is 0. The first-order valence-electron chi connectivity index (χ1n) is 3.20. The van der Waals surface area contributed by atoms with Gasteiger partial charge in [-0.1, -0.05) is 6.08 Å². The van der Waals surface area contributed by atoms with Gasteiger partial charge in [0, 0.05) is 20.0 Å². The smallest absolute Gasteiger partial charge is 0.103 e. The fraction of sp³-hybridized carbons (Fsp3) is 0.571. The molecule has 0 bridgehead atoms. The van der Waals surface area contributed by atoms with Gasteiger partial charge in [0.1, 0.15) is 5.84 Å². The van der Waals surface area contributed by atoms with Gasteiger partial charge in [-0.3, -0.25) is 4.99 Å². The maximum atomic E-state index is 4.28. The molecule has 0 aromatic rings. The molecule has 1 aliphatic heterocycles. The summed E-state index contributed by atoms with van der Waals surface area (Å²) >= 11 is 0. The molecule has 1 rings (SSSR count). The van der Waals surface area contributed by atoms with Crippen molar-refractivity contribution < 1.29 is 0 Å². The molecule has 0 saturated carbocycles. The highest BCUT2D eigenvalue weighted by Gasteiger charge is 2.08. The maximum absolute atomic E-state index is 4.28. The quantitative estimate of drug-likeness (QED) is 0.499. The third-order valence-electron chi connectivity index (χ3n) is 1.50. The fourth-order valence-corrected chi connectivity index (χ4v) is 0.928. The lowest BCUT2D eigenvalue weighted by molar-refractivity contribution is 0.549. The van der Waals surface area contributed by atoms with Crippen molar-refractivity contribution in [3.63, 3.8) is 0 Å². The van der Waals surface area contributed by atoms with Crippen LogP contribution in [0.1, 0.15) is 6.42 Å². The number of hydrogen-bond donors (Lipinski definition) is 0. The summed E-state index contributed by atoms with van der Waals surface area (Å²) in [4.78, 5) is 6.45. The summed E-state index contributed by atoms with van der Waals surface area (Å²) < 4.78 is 0. The lowest BCUT2D eigenvalue weighted by Gasteiger charge is -2.10. The van der Waals surface area contributed by atoms with Gasteiger partial charge in [-0.2, -0.15) is 0 Å². The first-order valence-corrected chi connectivity index (χ1v) is 3.20. The van der Waals surface area contributed by atoms with E-state index in [4.69, 9.17) is 0 Å².